The van der Waals surface area contributed by atoms with E-state index in [1.54, 1.807) is 0 Å². The molecule has 0 fully saturated rings. The van der Waals surface area contributed by atoms with Crippen LogP contribution in [-0.4, -0.2) is 16.2 Å². The summed E-state index contributed by atoms with van der Waals surface area (Å²) >= 11 is 5.36. The van der Waals surface area contributed by atoms with Crippen molar-refractivity contribution in [1.29, 1.82) is 0 Å². The number of nitrogens with one attached hydrogen (secondary N) is 1. The molecule has 0 spiro atoms. The highest BCUT2D eigenvalue weighted by Crippen LogP contribution is 2.32. The molecule has 1 aromatic heterocycles. The van der Waals surface area contributed by atoms with Crippen LogP contribution in [0, 0.1) is 0 Å². The van der Waals surface area contributed by atoms with E-state index in [9.17, 15) is 4.79 Å². The lowest BCUT2D eigenvalue weighted by Crippen LogP contribution is -2.04. The van der Waals surface area contributed by atoms with Crippen molar-refractivity contribution in [2.75, 3.05) is 5.43 Å². The fourth-order valence-corrected chi connectivity index (χ4v) is 1.58. The van der Waals surface area contributed by atoms with E-state index >= 15 is 0 Å². The van der Waals surface area contributed by atoms with Crippen LogP contribution in [0.5, 0.6) is 0 Å². The SMILES string of the molecule is NNc1cc(N=C=S)c(C(=O)O)s1. The highest BCUT2D eigenvalue weighted by atomic mass is 32.1. The standard InChI is InChI=1S/C6H5N3O2S2/c7-9-4-1-3(8-2-12)5(13-4)6(10)11/h1,9H,7H2,(H,10,11). The summed E-state index contributed by atoms with van der Waals surface area (Å²) in [5.41, 5.74) is 2.60. The fraction of sp³-hybridized carbons (Fsp3) is 0. The third-order valence-corrected chi connectivity index (χ3v) is 2.35. The monoisotopic (exact) mass is 215 g/mol. The minimum absolute atomic E-state index is 0.0882. The van der Waals surface area contributed by atoms with E-state index in [0.29, 0.717) is 5.00 Å². The van der Waals surface area contributed by atoms with Crippen molar-refractivity contribution in [3.05, 3.63) is 10.9 Å². The molecule has 1 rings (SSSR count). The zero-order valence-corrected chi connectivity index (χ0v) is 7.91. The summed E-state index contributed by atoms with van der Waals surface area (Å²) in [6, 6.07) is 1.49. The number of aliphatic imine (C=N–C) groups is 1. The number of hydrazine groups is 1. The summed E-state index contributed by atoms with van der Waals surface area (Å²) in [6.45, 7) is 0. The Labute approximate surface area is 82.9 Å². The van der Waals surface area contributed by atoms with Gasteiger partial charge < -0.3 is 10.5 Å². The zero-order valence-electron chi connectivity index (χ0n) is 6.27. The third-order valence-electron chi connectivity index (χ3n) is 1.22. The second kappa shape index (κ2) is 4.11. The molecule has 0 bridgehead atoms. The number of nitrogens with zero attached hydrogens (tertiary/aromatic N) is 1. The van der Waals surface area contributed by atoms with Crippen molar-refractivity contribution < 1.29 is 9.90 Å². The van der Waals surface area contributed by atoms with Crippen LogP contribution in [0.4, 0.5) is 10.7 Å². The summed E-state index contributed by atoms with van der Waals surface area (Å²) in [5.74, 6) is 4.05. The van der Waals surface area contributed by atoms with Gasteiger partial charge in [0, 0.05) is 6.07 Å². The summed E-state index contributed by atoms with van der Waals surface area (Å²) in [5, 5.41) is 11.3. The van der Waals surface area contributed by atoms with E-state index < -0.39 is 5.97 Å². The number of thiophene rings is 1. The number of hydrogen-bond donors (Lipinski definition) is 3. The number of rotatable bonds is 3. The van der Waals surface area contributed by atoms with Crippen LogP contribution in [0.15, 0.2) is 11.1 Å². The molecular weight excluding hydrogens is 210 g/mol. The van der Waals surface area contributed by atoms with Gasteiger partial charge in [-0.25, -0.2) is 10.6 Å². The number of isothiocyanates is 1. The van der Waals surface area contributed by atoms with Crippen LogP contribution in [-0.2, 0) is 0 Å². The number of carboxylic acids is 1. The maximum Gasteiger partial charge on any atom is 0.348 e. The van der Waals surface area contributed by atoms with Gasteiger partial charge in [-0.3, -0.25) is 0 Å². The van der Waals surface area contributed by atoms with Gasteiger partial charge >= 0.3 is 5.97 Å². The molecule has 5 nitrogen and oxygen atoms in total. The fourth-order valence-electron chi connectivity index (χ4n) is 0.738. The lowest BCUT2D eigenvalue weighted by molar-refractivity contribution is 0.0703. The number of carboxylic acid groups (broad SMARTS) is 1. The number of aromatic carboxylic acids is 1. The molecule has 0 atom stereocenters. The van der Waals surface area contributed by atoms with E-state index in [4.69, 9.17) is 10.9 Å². The Hall–Kier alpha value is -1.27. The van der Waals surface area contributed by atoms with Crippen molar-refractivity contribution in [3.8, 4) is 0 Å². The van der Waals surface area contributed by atoms with Crippen LogP contribution >= 0.6 is 23.6 Å². The Morgan fingerprint density at radius 3 is 3.00 bits per heavy atom. The first-order valence-electron chi connectivity index (χ1n) is 3.10. The molecule has 4 N–H and O–H groups in total. The van der Waals surface area contributed by atoms with E-state index in [0.717, 1.165) is 11.3 Å². The average molecular weight is 215 g/mol. The molecular formula is C6H5N3O2S2. The molecule has 1 heterocycles. The van der Waals surface area contributed by atoms with Crippen molar-refractivity contribution >= 4 is 45.4 Å². The van der Waals surface area contributed by atoms with Gasteiger partial charge in [0.15, 0.2) is 0 Å². The largest absolute Gasteiger partial charge is 0.477 e. The second-order valence-electron chi connectivity index (χ2n) is 1.98. The summed E-state index contributed by atoms with van der Waals surface area (Å²) in [7, 11) is 0. The molecule has 68 valence electrons. The zero-order chi connectivity index (χ0) is 9.84. The summed E-state index contributed by atoms with van der Waals surface area (Å²) in [4.78, 5) is 14.3. The van der Waals surface area contributed by atoms with Gasteiger partial charge in [0.2, 0.25) is 0 Å². The Kier molecular flexibility index (Phi) is 3.10. The molecule has 7 heteroatoms. The van der Waals surface area contributed by atoms with Crippen LogP contribution < -0.4 is 11.3 Å². The van der Waals surface area contributed by atoms with Gasteiger partial charge in [-0.15, -0.1) is 11.3 Å². The number of carbonyl (C=O) groups is 1. The molecule has 0 radical (unpaired) electrons. The second-order valence-corrected chi connectivity index (χ2v) is 3.21. The highest BCUT2D eigenvalue weighted by Gasteiger charge is 2.14. The van der Waals surface area contributed by atoms with Crippen LogP contribution in [0.1, 0.15) is 9.67 Å². The number of hydrogen-bond acceptors (Lipinski definition) is 6. The van der Waals surface area contributed by atoms with Crippen molar-refractivity contribution in [3.63, 3.8) is 0 Å². The van der Waals surface area contributed by atoms with Gasteiger partial charge in [0.25, 0.3) is 0 Å². The van der Waals surface area contributed by atoms with Crippen LogP contribution in [0.25, 0.3) is 0 Å². The number of anilines is 1. The minimum atomic E-state index is -1.06. The van der Waals surface area contributed by atoms with E-state index in [-0.39, 0.29) is 10.6 Å². The van der Waals surface area contributed by atoms with Gasteiger partial charge in [-0.1, -0.05) is 0 Å². The van der Waals surface area contributed by atoms with Crippen LogP contribution in [0.2, 0.25) is 0 Å². The molecule has 0 aromatic carbocycles. The molecule has 0 amide bonds. The van der Waals surface area contributed by atoms with Crippen molar-refractivity contribution in [2.45, 2.75) is 0 Å². The summed E-state index contributed by atoms with van der Waals surface area (Å²) < 4.78 is 0. The lowest BCUT2D eigenvalue weighted by atomic mass is 10.4. The van der Waals surface area contributed by atoms with Crippen molar-refractivity contribution in [1.82, 2.24) is 0 Å². The molecule has 1 aromatic rings. The molecule has 0 aliphatic rings. The quantitative estimate of drug-likeness (QED) is 0.307. The number of thiocarbonyl (C=S) groups is 1. The van der Waals surface area contributed by atoms with Crippen molar-refractivity contribution in [2.24, 2.45) is 10.8 Å². The third kappa shape index (κ3) is 2.10. The maximum atomic E-state index is 10.6. The average Bonchev–Trinajstić information content (AvgIpc) is 2.48. The Balaban J connectivity index is 3.22. The Morgan fingerprint density at radius 1 is 1.85 bits per heavy atom. The van der Waals surface area contributed by atoms with E-state index in [1.165, 1.54) is 6.07 Å². The first kappa shape index (κ1) is 9.82. The molecule has 0 saturated carbocycles. The van der Waals surface area contributed by atoms with E-state index in [1.807, 2.05) is 0 Å². The van der Waals surface area contributed by atoms with Gasteiger partial charge in [-0.05, 0) is 12.2 Å². The normalized spacial score (nSPS) is 9.00. The van der Waals surface area contributed by atoms with Gasteiger partial charge in [0.1, 0.15) is 15.6 Å². The summed E-state index contributed by atoms with van der Waals surface area (Å²) in [6.07, 6.45) is 0. The minimum Gasteiger partial charge on any atom is -0.477 e. The van der Waals surface area contributed by atoms with Gasteiger partial charge in [0.05, 0.1) is 5.16 Å². The first-order chi connectivity index (χ1) is 6.19. The van der Waals surface area contributed by atoms with Gasteiger partial charge in [-0.2, -0.15) is 4.99 Å². The first-order valence-corrected chi connectivity index (χ1v) is 4.33. The Morgan fingerprint density at radius 2 is 2.54 bits per heavy atom. The number of nitrogen functional groups attached to an aromatic ring is 1. The number of nitrogens with two attached hydrogens (primary N) is 1. The molecule has 0 aliphatic carbocycles. The smallest absolute Gasteiger partial charge is 0.348 e. The lowest BCUT2D eigenvalue weighted by Gasteiger charge is -1.87. The predicted octanol–water partition coefficient (Wildman–Crippen LogP) is 1.47. The highest BCUT2D eigenvalue weighted by molar-refractivity contribution is 7.78. The topological polar surface area (TPSA) is 87.7 Å². The molecule has 13 heavy (non-hydrogen) atoms. The molecule has 0 aliphatic heterocycles. The Bertz CT molecular complexity index is 362. The predicted molar refractivity (Wildman–Crippen MR) is 53.8 cm³/mol. The van der Waals surface area contributed by atoms with Crippen LogP contribution in [0.3, 0.4) is 0 Å². The maximum absolute atomic E-state index is 10.6. The molecule has 0 unspecified atom stereocenters. The molecule has 0 saturated heterocycles. The van der Waals surface area contributed by atoms with E-state index in [2.05, 4.69) is 27.8 Å².